The highest BCUT2D eigenvalue weighted by Gasteiger charge is 2.22. The van der Waals surface area contributed by atoms with Crippen molar-refractivity contribution < 1.29 is 4.92 Å². The van der Waals surface area contributed by atoms with Gasteiger partial charge >= 0.3 is 5.69 Å². The second kappa shape index (κ2) is 17.7. The number of aromatic nitrogens is 3. The first-order chi connectivity index (χ1) is 16.7. The minimum Gasteiger partial charge on any atom is -0.364 e. The SMILES string of the molecule is CCCCCCCCCCCCCCCCNc1ncnc(NCc2cccnc2)c1[N+](=O)[O-]. The first-order valence-electron chi connectivity index (χ1n) is 13.1. The second-order valence-corrected chi connectivity index (χ2v) is 8.91. The Morgan fingerprint density at radius 2 is 1.38 bits per heavy atom. The highest BCUT2D eigenvalue weighted by molar-refractivity contribution is 5.69. The lowest BCUT2D eigenvalue weighted by atomic mass is 10.0. The van der Waals surface area contributed by atoms with Crippen LogP contribution in [0.1, 0.15) is 102 Å². The predicted octanol–water partition coefficient (Wildman–Crippen LogP) is 7.29. The molecule has 0 saturated heterocycles. The Balaban J connectivity index is 1.58. The maximum atomic E-state index is 11.6. The zero-order chi connectivity index (χ0) is 24.3. The smallest absolute Gasteiger partial charge is 0.353 e. The lowest BCUT2D eigenvalue weighted by Gasteiger charge is -2.10. The Bertz CT molecular complexity index is 803. The van der Waals surface area contributed by atoms with Gasteiger partial charge in [-0.05, 0) is 18.1 Å². The minimum atomic E-state index is -0.431. The number of nitrogens with one attached hydrogen (secondary N) is 2. The molecule has 0 aromatic carbocycles. The van der Waals surface area contributed by atoms with Crippen LogP contribution in [0.2, 0.25) is 0 Å². The van der Waals surface area contributed by atoms with Crippen LogP contribution < -0.4 is 10.6 Å². The summed E-state index contributed by atoms with van der Waals surface area (Å²) in [6.45, 7) is 3.34. The maximum Gasteiger partial charge on any atom is 0.353 e. The van der Waals surface area contributed by atoms with Crippen molar-refractivity contribution >= 4 is 17.3 Å². The third-order valence-electron chi connectivity index (χ3n) is 6.01. The fourth-order valence-corrected chi connectivity index (χ4v) is 4.03. The third kappa shape index (κ3) is 11.4. The number of rotatable bonds is 20. The molecule has 0 fully saturated rings. The lowest BCUT2D eigenvalue weighted by molar-refractivity contribution is -0.383. The first kappa shape index (κ1) is 27.5. The highest BCUT2D eigenvalue weighted by atomic mass is 16.6. The zero-order valence-electron chi connectivity index (χ0n) is 20.8. The number of hydrogen-bond donors (Lipinski definition) is 2. The van der Waals surface area contributed by atoms with Crippen LogP contribution in [0.4, 0.5) is 17.3 Å². The number of nitro groups is 1. The van der Waals surface area contributed by atoms with Crippen molar-refractivity contribution in [1.29, 1.82) is 0 Å². The molecule has 0 spiro atoms. The predicted molar refractivity (Wildman–Crippen MR) is 139 cm³/mol. The van der Waals surface area contributed by atoms with Gasteiger partial charge in [0.05, 0.1) is 4.92 Å². The zero-order valence-corrected chi connectivity index (χ0v) is 20.8. The lowest BCUT2D eigenvalue weighted by Crippen LogP contribution is -2.11. The largest absolute Gasteiger partial charge is 0.364 e. The molecule has 188 valence electrons. The van der Waals surface area contributed by atoms with Crippen LogP contribution in [-0.4, -0.2) is 26.4 Å². The van der Waals surface area contributed by atoms with Gasteiger partial charge in [0.25, 0.3) is 0 Å². The molecule has 0 radical (unpaired) electrons. The van der Waals surface area contributed by atoms with Crippen molar-refractivity contribution in [1.82, 2.24) is 15.0 Å². The second-order valence-electron chi connectivity index (χ2n) is 8.91. The number of unbranched alkanes of at least 4 members (excludes halogenated alkanes) is 13. The van der Waals surface area contributed by atoms with Crippen molar-refractivity contribution in [3.8, 4) is 0 Å². The molecule has 0 aliphatic rings. The molecule has 8 heteroatoms. The van der Waals surface area contributed by atoms with E-state index in [1.54, 1.807) is 12.4 Å². The van der Waals surface area contributed by atoms with Gasteiger partial charge in [0.1, 0.15) is 6.33 Å². The summed E-state index contributed by atoms with van der Waals surface area (Å²) >= 11 is 0. The summed E-state index contributed by atoms with van der Waals surface area (Å²) in [6.07, 6.45) is 23.0. The van der Waals surface area contributed by atoms with Gasteiger partial charge in [0.15, 0.2) is 0 Å². The van der Waals surface area contributed by atoms with Gasteiger partial charge in [-0.3, -0.25) is 15.1 Å². The molecule has 0 saturated carbocycles. The molecule has 8 nitrogen and oxygen atoms in total. The van der Waals surface area contributed by atoms with E-state index in [4.69, 9.17) is 0 Å². The van der Waals surface area contributed by atoms with Crippen molar-refractivity contribution in [2.75, 3.05) is 17.2 Å². The van der Waals surface area contributed by atoms with Crippen LogP contribution in [0.3, 0.4) is 0 Å². The fourth-order valence-electron chi connectivity index (χ4n) is 4.03. The van der Waals surface area contributed by atoms with Gasteiger partial charge in [0.2, 0.25) is 11.6 Å². The Morgan fingerprint density at radius 1 is 0.824 bits per heavy atom. The van der Waals surface area contributed by atoms with Crippen LogP contribution in [-0.2, 0) is 6.54 Å². The Morgan fingerprint density at radius 3 is 1.91 bits per heavy atom. The molecule has 2 N–H and O–H groups in total. The molecule has 0 unspecified atom stereocenters. The maximum absolute atomic E-state index is 11.6. The molecule has 2 heterocycles. The molecule has 34 heavy (non-hydrogen) atoms. The van der Waals surface area contributed by atoms with Crippen molar-refractivity contribution in [2.24, 2.45) is 0 Å². The molecule has 0 aliphatic heterocycles. The molecule has 2 aromatic rings. The third-order valence-corrected chi connectivity index (χ3v) is 6.01. The van der Waals surface area contributed by atoms with Gasteiger partial charge in [-0.2, -0.15) is 0 Å². The van der Waals surface area contributed by atoms with Gasteiger partial charge in [0, 0.05) is 25.5 Å². The Kier molecular flexibility index (Phi) is 14.3. The van der Waals surface area contributed by atoms with Crippen LogP contribution in [0, 0.1) is 10.1 Å². The van der Waals surface area contributed by atoms with Crippen LogP contribution in [0.15, 0.2) is 30.9 Å². The molecular weight excluding hydrogens is 428 g/mol. The average molecular weight is 471 g/mol. The van der Waals surface area contributed by atoms with E-state index in [2.05, 4.69) is 32.5 Å². The number of hydrogen-bond acceptors (Lipinski definition) is 7. The van der Waals surface area contributed by atoms with Crippen molar-refractivity contribution in [3.63, 3.8) is 0 Å². The summed E-state index contributed by atoms with van der Waals surface area (Å²) in [5.74, 6) is 0.482. The number of anilines is 2. The normalized spacial score (nSPS) is 10.9. The van der Waals surface area contributed by atoms with Crippen molar-refractivity contribution in [3.05, 3.63) is 46.5 Å². The summed E-state index contributed by atoms with van der Waals surface area (Å²) in [5.41, 5.74) is 0.809. The van der Waals surface area contributed by atoms with Gasteiger partial charge < -0.3 is 10.6 Å². The molecular formula is C26H42N6O2. The minimum absolute atomic E-state index is 0.114. The molecule has 0 aliphatic carbocycles. The van der Waals surface area contributed by atoms with Crippen LogP contribution >= 0.6 is 0 Å². The standard InChI is InChI=1S/C26H42N6O2/c1-2-3-4-5-6-7-8-9-10-11-12-13-14-15-19-28-25-24(32(33)34)26(31-22-30-25)29-21-23-17-16-18-27-20-23/h16-18,20,22H,2-15,19,21H2,1H3,(H2,28,29,30,31). The summed E-state index contributed by atoms with van der Waals surface area (Å²) in [5, 5.41) is 17.8. The van der Waals surface area contributed by atoms with E-state index in [9.17, 15) is 10.1 Å². The number of pyridine rings is 1. The van der Waals surface area contributed by atoms with Gasteiger partial charge in [-0.25, -0.2) is 9.97 Å². The Hall–Kier alpha value is -2.77. The van der Waals surface area contributed by atoms with Gasteiger partial charge in [-0.15, -0.1) is 0 Å². The summed E-state index contributed by atoms with van der Waals surface area (Å²) in [4.78, 5) is 23.4. The Labute approximate surface area is 204 Å². The summed E-state index contributed by atoms with van der Waals surface area (Å²) in [7, 11) is 0. The molecule has 2 rings (SSSR count). The van der Waals surface area contributed by atoms with Gasteiger partial charge in [-0.1, -0.05) is 96.5 Å². The van der Waals surface area contributed by atoms with E-state index in [-0.39, 0.29) is 17.3 Å². The van der Waals surface area contributed by atoms with E-state index >= 15 is 0 Å². The van der Waals surface area contributed by atoms with E-state index in [1.807, 2.05) is 12.1 Å². The fraction of sp³-hybridized carbons (Fsp3) is 0.654. The summed E-state index contributed by atoms with van der Waals surface area (Å²) in [6, 6.07) is 3.73. The highest BCUT2D eigenvalue weighted by Crippen LogP contribution is 2.29. The average Bonchev–Trinajstić information content (AvgIpc) is 2.85. The summed E-state index contributed by atoms with van der Waals surface area (Å²) < 4.78 is 0. The molecule has 0 amide bonds. The van der Waals surface area contributed by atoms with E-state index in [0.29, 0.717) is 13.1 Å². The van der Waals surface area contributed by atoms with Crippen LogP contribution in [0.25, 0.3) is 0 Å². The van der Waals surface area contributed by atoms with E-state index in [1.165, 1.54) is 83.4 Å². The molecule has 0 bridgehead atoms. The molecule has 2 aromatic heterocycles. The van der Waals surface area contributed by atoms with Crippen molar-refractivity contribution in [2.45, 2.75) is 103 Å². The first-order valence-corrected chi connectivity index (χ1v) is 13.1. The topological polar surface area (TPSA) is 106 Å². The monoisotopic (exact) mass is 470 g/mol. The number of nitrogens with zero attached hydrogens (tertiary/aromatic N) is 4. The molecule has 0 atom stereocenters. The van der Waals surface area contributed by atoms with E-state index in [0.717, 1.165) is 18.4 Å². The van der Waals surface area contributed by atoms with E-state index < -0.39 is 4.92 Å². The van der Waals surface area contributed by atoms with Crippen LogP contribution in [0.5, 0.6) is 0 Å². The quantitative estimate of drug-likeness (QED) is 0.119.